The first-order chi connectivity index (χ1) is 19.4. The monoisotopic (exact) mass is 605 g/mol. The third kappa shape index (κ3) is 7.73. The lowest BCUT2D eigenvalue weighted by Crippen LogP contribution is -2.43. The second-order valence-electron chi connectivity index (χ2n) is 11.4. The van der Waals surface area contributed by atoms with Gasteiger partial charge in [-0.1, -0.05) is 17.4 Å². The molecule has 2 aromatic carbocycles. The van der Waals surface area contributed by atoms with E-state index in [0.717, 1.165) is 23.1 Å². The van der Waals surface area contributed by atoms with Gasteiger partial charge in [0, 0.05) is 39.0 Å². The highest BCUT2D eigenvalue weighted by atomic mass is 32.2. The summed E-state index contributed by atoms with van der Waals surface area (Å²) in [5.74, 6) is 0.143. The molecule has 1 N–H and O–H groups in total. The number of thiazole rings is 1. The highest BCUT2D eigenvalue weighted by Crippen LogP contribution is 2.35. The Bertz CT molecular complexity index is 1460. The second kappa shape index (κ2) is 12.2. The second-order valence-corrected chi connectivity index (χ2v) is 14.5. The summed E-state index contributed by atoms with van der Waals surface area (Å²) in [7, 11) is -3.38. The van der Waals surface area contributed by atoms with E-state index in [0.29, 0.717) is 50.0 Å². The first kappa shape index (κ1) is 29.7. The van der Waals surface area contributed by atoms with Crippen LogP contribution in [0, 0.1) is 5.82 Å². The normalized spacial score (nSPS) is 18.1. The van der Waals surface area contributed by atoms with Gasteiger partial charge in [-0.05, 0) is 81.0 Å². The fourth-order valence-electron chi connectivity index (χ4n) is 5.17. The quantitative estimate of drug-likeness (QED) is 0.378. The maximum atomic E-state index is 13.1. The van der Waals surface area contributed by atoms with Gasteiger partial charge < -0.3 is 19.5 Å². The maximum Gasteiger partial charge on any atom is 0.415 e. The largest absolute Gasteiger partial charge is 0.467 e. The molecule has 3 heterocycles. The minimum absolute atomic E-state index is 0.0458. The zero-order valence-corrected chi connectivity index (χ0v) is 24.9. The van der Waals surface area contributed by atoms with Crippen LogP contribution in [0.2, 0.25) is 0 Å². The maximum absolute atomic E-state index is 13.1. The van der Waals surface area contributed by atoms with Crippen molar-refractivity contribution >= 4 is 37.7 Å². The van der Waals surface area contributed by atoms with Crippen molar-refractivity contribution in [3.63, 3.8) is 0 Å². The van der Waals surface area contributed by atoms with Gasteiger partial charge in [0.1, 0.15) is 17.7 Å². The Balaban J connectivity index is 1.12. The van der Waals surface area contributed by atoms with Gasteiger partial charge in [0.05, 0.1) is 21.6 Å². The number of fused-ring (bicyclic) bond motifs is 1. The van der Waals surface area contributed by atoms with Gasteiger partial charge in [-0.3, -0.25) is 0 Å². The summed E-state index contributed by atoms with van der Waals surface area (Å²) >= 11 is 1.49. The fourth-order valence-corrected chi connectivity index (χ4v) is 7.88. The van der Waals surface area contributed by atoms with Crippen LogP contribution in [-0.4, -0.2) is 77.4 Å². The number of carbonyl (C=O) groups is 1. The van der Waals surface area contributed by atoms with Gasteiger partial charge in [0.25, 0.3) is 5.19 Å². The SMILES string of the molecule is CC(C)(O)CCS(=O)(=O)N1CCC(c2ccc3nc(OC4CCN(C(=O)Oc5ccc(F)cc5)CC4)sc3c2)CC1. The number of aliphatic hydroxyl groups is 1. The molecule has 0 atom stereocenters. The third-order valence-electron chi connectivity index (χ3n) is 7.67. The number of piperidine rings is 2. The standard InChI is InChI=1S/C29H36FN3O6S2/c1-29(2,35)13-18-41(36,37)33-16-9-20(10-17-33)21-3-8-25-26(19-21)40-27(31-25)38-24-11-14-32(15-12-24)28(34)39-23-6-4-22(30)5-7-23/h3-8,19-20,24,35H,9-18H2,1-2H3. The number of likely N-dealkylation sites (tertiary alicyclic amines) is 1. The van der Waals surface area contributed by atoms with E-state index >= 15 is 0 Å². The first-order valence-corrected chi connectivity index (χ1v) is 16.4. The van der Waals surface area contributed by atoms with Gasteiger partial charge in [0.2, 0.25) is 10.0 Å². The number of amides is 1. The zero-order valence-electron chi connectivity index (χ0n) is 23.3. The van der Waals surface area contributed by atoms with Crippen molar-refractivity contribution in [3.8, 4) is 10.9 Å². The molecule has 1 aromatic heterocycles. The van der Waals surface area contributed by atoms with Gasteiger partial charge in [-0.2, -0.15) is 0 Å². The topological polar surface area (TPSA) is 109 Å². The lowest BCUT2D eigenvalue weighted by molar-refractivity contribution is 0.0768. The van der Waals surface area contributed by atoms with Gasteiger partial charge in [-0.15, -0.1) is 0 Å². The van der Waals surface area contributed by atoms with E-state index in [2.05, 4.69) is 17.1 Å². The molecule has 9 nitrogen and oxygen atoms in total. The van der Waals surface area contributed by atoms with Crippen LogP contribution in [0.3, 0.4) is 0 Å². The van der Waals surface area contributed by atoms with Crippen molar-refractivity contribution < 1.29 is 32.2 Å². The molecule has 2 saturated heterocycles. The lowest BCUT2D eigenvalue weighted by Gasteiger charge is -2.32. The number of nitrogens with zero attached hydrogens (tertiary/aromatic N) is 3. The molecule has 0 bridgehead atoms. The van der Waals surface area contributed by atoms with Gasteiger partial charge in [-0.25, -0.2) is 26.9 Å². The number of benzene rings is 2. The predicted molar refractivity (Wildman–Crippen MR) is 156 cm³/mol. The van der Waals surface area contributed by atoms with E-state index in [-0.39, 0.29) is 30.0 Å². The van der Waals surface area contributed by atoms with Crippen LogP contribution in [0.25, 0.3) is 10.2 Å². The molecule has 5 rings (SSSR count). The van der Waals surface area contributed by atoms with Crippen LogP contribution >= 0.6 is 11.3 Å². The Labute approximate surface area is 243 Å². The fraction of sp³-hybridized carbons (Fsp3) is 0.517. The van der Waals surface area contributed by atoms with Crippen molar-refractivity contribution in [2.45, 2.75) is 63.6 Å². The Hall–Kier alpha value is -2.80. The smallest absolute Gasteiger partial charge is 0.415 e. The van der Waals surface area contributed by atoms with E-state index in [1.54, 1.807) is 23.1 Å². The molecule has 1 amide bonds. The molecule has 3 aromatic rings. The molecule has 12 heteroatoms. The Morgan fingerprint density at radius 3 is 2.41 bits per heavy atom. The van der Waals surface area contributed by atoms with E-state index in [1.807, 2.05) is 6.07 Å². The van der Waals surface area contributed by atoms with Gasteiger partial charge in [0.15, 0.2) is 0 Å². The van der Waals surface area contributed by atoms with Crippen LogP contribution in [0.4, 0.5) is 9.18 Å². The highest BCUT2D eigenvalue weighted by molar-refractivity contribution is 7.89. The predicted octanol–water partition coefficient (Wildman–Crippen LogP) is 5.15. The zero-order chi connectivity index (χ0) is 29.2. The molecule has 0 spiro atoms. The molecule has 41 heavy (non-hydrogen) atoms. The van der Waals surface area contributed by atoms with Crippen molar-refractivity contribution in [3.05, 3.63) is 53.8 Å². The number of rotatable bonds is 8. The number of hydrogen-bond donors (Lipinski definition) is 1. The molecule has 2 fully saturated rings. The first-order valence-electron chi connectivity index (χ1n) is 13.9. The molecular formula is C29H36FN3O6S2. The molecular weight excluding hydrogens is 569 g/mol. The number of hydrogen-bond acceptors (Lipinski definition) is 8. The van der Waals surface area contributed by atoms with E-state index in [4.69, 9.17) is 9.47 Å². The molecule has 0 unspecified atom stereocenters. The van der Waals surface area contributed by atoms with Gasteiger partial charge >= 0.3 is 6.09 Å². The van der Waals surface area contributed by atoms with Crippen LogP contribution < -0.4 is 9.47 Å². The summed E-state index contributed by atoms with van der Waals surface area (Å²) in [6.45, 7) is 5.19. The Morgan fingerprint density at radius 2 is 1.76 bits per heavy atom. The molecule has 0 aliphatic carbocycles. The van der Waals surface area contributed by atoms with Crippen LogP contribution in [0.15, 0.2) is 42.5 Å². The average molecular weight is 606 g/mol. The molecule has 0 radical (unpaired) electrons. The average Bonchev–Trinajstić information content (AvgIpc) is 3.35. The van der Waals surface area contributed by atoms with E-state index in [9.17, 15) is 22.7 Å². The summed E-state index contributed by atoms with van der Waals surface area (Å²) in [4.78, 5) is 18.7. The van der Waals surface area contributed by atoms with Crippen molar-refractivity contribution in [1.29, 1.82) is 0 Å². The molecule has 222 valence electrons. The summed E-state index contributed by atoms with van der Waals surface area (Å²) in [6.07, 6.45) is 2.49. The number of sulfonamides is 1. The Kier molecular flexibility index (Phi) is 8.84. The minimum atomic E-state index is -3.38. The van der Waals surface area contributed by atoms with E-state index in [1.165, 1.54) is 41.2 Å². The van der Waals surface area contributed by atoms with Crippen LogP contribution in [0.5, 0.6) is 10.9 Å². The molecule has 2 aliphatic heterocycles. The van der Waals surface area contributed by atoms with Crippen molar-refractivity contribution in [1.82, 2.24) is 14.2 Å². The number of aromatic nitrogens is 1. The highest BCUT2D eigenvalue weighted by Gasteiger charge is 2.30. The van der Waals surface area contributed by atoms with Crippen LogP contribution in [0.1, 0.15) is 57.4 Å². The van der Waals surface area contributed by atoms with Crippen LogP contribution in [-0.2, 0) is 10.0 Å². The summed E-state index contributed by atoms with van der Waals surface area (Å²) < 4.78 is 52.6. The number of ether oxygens (including phenoxy) is 2. The lowest BCUT2D eigenvalue weighted by atomic mass is 9.90. The summed E-state index contributed by atoms with van der Waals surface area (Å²) in [5, 5.41) is 10.5. The minimum Gasteiger partial charge on any atom is -0.467 e. The Morgan fingerprint density at radius 1 is 1.07 bits per heavy atom. The number of carbonyl (C=O) groups excluding carboxylic acids is 1. The molecule has 0 saturated carbocycles. The van der Waals surface area contributed by atoms with Crippen molar-refractivity contribution in [2.24, 2.45) is 0 Å². The number of halogens is 1. The van der Waals surface area contributed by atoms with Crippen molar-refractivity contribution in [2.75, 3.05) is 31.9 Å². The third-order valence-corrected chi connectivity index (χ3v) is 10.5. The summed E-state index contributed by atoms with van der Waals surface area (Å²) in [6, 6.07) is 11.6. The van der Waals surface area contributed by atoms with E-state index < -0.39 is 21.7 Å². The molecule has 2 aliphatic rings. The summed E-state index contributed by atoms with van der Waals surface area (Å²) in [5.41, 5.74) is 1.03.